The average Bonchev–Trinajstić information content (AvgIpc) is 3.27. The fraction of sp³-hybridized carbons (Fsp3) is 0.824. The first-order valence-corrected chi connectivity index (χ1v) is 10.5. The molecular formula is C17H33IN6OS. The summed E-state index contributed by atoms with van der Waals surface area (Å²) in [5.74, 6) is 1.96. The SMILES string of the molecule is CCNC(=NCCCc1nnc(SC)n1C1CCCC1)NCCOC.I. The second-order valence-corrected chi connectivity index (χ2v) is 6.97. The molecule has 1 aliphatic rings. The number of methoxy groups -OCH3 is 1. The molecule has 1 fully saturated rings. The lowest BCUT2D eigenvalue weighted by Gasteiger charge is -2.16. The van der Waals surface area contributed by atoms with Crippen LogP contribution in [0.25, 0.3) is 0 Å². The summed E-state index contributed by atoms with van der Waals surface area (Å²) in [7, 11) is 1.70. The van der Waals surface area contributed by atoms with Gasteiger partial charge in [-0.05, 0) is 32.4 Å². The van der Waals surface area contributed by atoms with E-state index >= 15 is 0 Å². The maximum Gasteiger partial charge on any atom is 0.191 e. The lowest BCUT2D eigenvalue weighted by molar-refractivity contribution is 0.203. The number of ether oxygens (including phenoxy) is 1. The summed E-state index contributed by atoms with van der Waals surface area (Å²) in [5, 5.41) is 16.4. The highest BCUT2D eigenvalue weighted by molar-refractivity contribution is 14.0. The number of aryl methyl sites for hydroxylation is 1. The van der Waals surface area contributed by atoms with Crippen LogP contribution in [0.15, 0.2) is 10.1 Å². The number of rotatable bonds is 10. The van der Waals surface area contributed by atoms with Crippen LogP contribution in [0.5, 0.6) is 0 Å². The molecule has 1 aliphatic carbocycles. The molecule has 0 unspecified atom stereocenters. The Bertz CT molecular complexity index is 533. The first-order chi connectivity index (χ1) is 12.3. The van der Waals surface area contributed by atoms with Gasteiger partial charge >= 0.3 is 0 Å². The predicted molar refractivity (Wildman–Crippen MR) is 119 cm³/mol. The van der Waals surface area contributed by atoms with Crippen LogP contribution >= 0.6 is 35.7 Å². The van der Waals surface area contributed by atoms with Crippen LogP contribution in [-0.4, -0.2) is 60.3 Å². The summed E-state index contributed by atoms with van der Waals surface area (Å²) in [6.07, 6.45) is 9.12. The van der Waals surface area contributed by atoms with Gasteiger partial charge in [0.2, 0.25) is 0 Å². The smallest absolute Gasteiger partial charge is 0.191 e. The Morgan fingerprint density at radius 3 is 2.73 bits per heavy atom. The van der Waals surface area contributed by atoms with Crippen molar-refractivity contribution in [3.05, 3.63) is 5.82 Å². The van der Waals surface area contributed by atoms with Gasteiger partial charge in [0.05, 0.1) is 6.61 Å². The number of halogens is 1. The number of nitrogens with one attached hydrogen (secondary N) is 2. The van der Waals surface area contributed by atoms with Gasteiger partial charge in [0.1, 0.15) is 5.82 Å². The highest BCUT2D eigenvalue weighted by Crippen LogP contribution is 2.33. The van der Waals surface area contributed by atoms with Gasteiger partial charge in [-0.2, -0.15) is 0 Å². The van der Waals surface area contributed by atoms with Gasteiger partial charge in [0, 0.05) is 39.2 Å². The van der Waals surface area contributed by atoms with E-state index in [0.717, 1.165) is 49.4 Å². The Morgan fingerprint density at radius 2 is 2.08 bits per heavy atom. The lowest BCUT2D eigenvalue weighted by atomic mass is 10.2. The highest BCUT2D eigenvalue weighted by atomic mass is 127. The van der Waals surface area contributed by atoms with Crippen molar-refractivity contribution in [3.63, 3.8) is 0 Å². The zero-order chi connectivity index (χ0) is 17.9. The molecule has 2 N–H and O–H groups in total. The normalized spacial score (nSPS) is 15.1. The third kappa shape index (κ3) is 7.22. The summed E-state index contributed by atoms with van der Waals surface area (Å²) >= 11 is 1.69. The van der Waals surface area contributed by atoms with Crippen molar-refractivity contribution >= 4 is 41.7 Å². The number of guanidine groups is 1. The van der Waals surface area contributed by atoms with Crippen molar-refractivity contribution in [2.24, 2.45) is 4.99 Å². The monoisotopic (exact) mass is 496 g/mol. The van der Waals surface area contributed by atoms with Crippen LogP contribution in [-0.2, 0) is 11.2 Å². The summed E-state index contributed by atoms with van der Waals surface area (Å²) in [4.78, 5) is 4.63. The molecule has 9 heteroatoms. The first kappa shape index (κ1) is 23.5. The topological polar surface area (TPSA) is 76.4 Å². The van der Waals surface area contributed by atoms with Crippen molar-refractivity contribution < 1.29 is 4.74 Å². The molecule has 2 rings (SSSR count). The Kier molecular flexibility index (Phi) is 12.3. The first-order valence-electron chi connectivity index (χ1n) is 9.29. The third-order valence-corrected chi connectivity index (χ3v) is 5.02. The van der Waals surface area contributed by atoms with E-state index in [1.807, 2.05) is 0 Å². The van der Waals surface area contributed by atoms with Gasteiger partial charge in [-0.15, -0.1) is 34.2 Å². The Morgan fingerprint density at radius 1 is 1.31 bits per heavy atom. The number of nitrogens with zero attached hydrogens (tertiary/aromatic N) is 4. The lowest BCUT2D eigenvalue weighted by Crippen LogP contribution is -2.39. The van der Waals surface area contributed by atoms with Gasteiger partial charge in [-0.1, -0.05) is 24.6 Å². The minimum Gasteiger partial charge on any atom is -0.383 e. The van der Waals surface area contributed by atoms with E-state index in [9.17, 15) is 0 Å². The van der Waals surface area contributed by atoms with Gasteiger partial charge in [-0.25, -0.2) is 0 Å². The predicted octanol–water partition coefficient (Wildman–Crippen LogP) is 2.87. The van der Waals surface area contributed by atoms with Crippen LogP contribution < -0.4 is 10.6 Å². The van der Waals surface area contributed by atoms with Crippen LogP contribution in [0.4, 0.5) is 0 Å². The molecule has 1 aromatic rings. The Hall–Kier alpha value is -0.550. The summed E-state index contributed by atoms with van der Waals surface area (Å²) in [6, 6.07) is 0.587. The Balaban J connectivity index is 0.00000338. The van der Waals surface area contributed by atoms with E-state index in [4.69, 9.17) is 4.74 Å². The average molecular weight is 496 g/mol. The standard InChI is InChI=1S/C17H32N6OS.HI/c1-4-18-16(20-12-13-24-2)19-11-7-10-15-21-22-17(25-3)23(15)14-8-5-6-9-14;/h14H,4-13H2,1-3H3,(H2,18,19,20);1H. The van der Waals surface area contributed by atoms with Crippen molar-refractivity contribution in [1.29, 1.82) is 0 Å². The van der Waals surface area contributed by atoms with Gasteiger partial charge in [-0.3, -0.25) is 4.99 Å². The minimum atomic E-state index is 0. The second kappa shape index (κ2) is 13.6. The van der Waals surface area contributed by atoms with Crippen LogP contribution in [0.3, 0.4) is 0 Å². The summed E-state index contributed by atoms with van der Waals surface area (Å²) in [6.45, 7) is 5.13. The Labute approximate surface area is 178 Å². The fourth-order valence-electron chi connectivity index (χ4n) is 3.19. The maximum absolute atomic E-state index is 5.06. The molecule has 0 saturated heterocycles. The van der Waals surface area contributed by atoms with E-state index in [1.54, 1.807) is 18.9 Å². The van der Waals surface area contributed by atoms with Crippen LogP contribution in [0.2, 0.25) is 0 Å². The van der Waals surface area contributed by atoms with Crippen LogP contribution in [0.1, 0.15) is 50.9 Å². The fourth-order valence-corrected chi connectivity index (χ4v) is 3.76. The van der Waals surface area contributed by atoms with E-state index in [-0.39, 0.29) is 24.0 Å². The second-order valence-electron chi connectivity index (χ2n) is 6.19. The van der Waals surface area contributed by atoms with Crippen molar-refractivity contribution in [3.8, 4) is 0 Å². The molecular weight excluding hydrogens is 463 g/mol. The molecule has 0 aromatic carbocycles. The van der Waals surface area contributed by atoms with Crippen molar-refractivity contribution in [2.45, 2.75) is 56.6 Å². The largest absolute Gasteiger partial charge is 0.383 e. The zero-order valence-electron chi connectivity index (χ0n) is 16.2. The minimum absolute atomic E-state index is 0. The van der Waals surface area contributed by atoms with Crippen molar-refractivity contribution in [1.82, 2.24) is 25.4 Å². The van der Waals surface area contributed by atoms with E-state index in [2.05, 4.69) is 43.6 Å². The number of aliphatic imine (C=N–C) groups is 1. The van der Waals surface area contributed by atoms with Gasteiger partial charge < -0.3 is 19.9 Å². The number of hydrogen-bond donors (Lipinski definition) is 2. The quantitative estimate of drug-likeness (QED) is 0.171. The van der Waals surface area contributed by atoms with Crippen LogP contribution in [0, 0.1) is 0 Å². The number of thioether (sulfide) groups is 1. The van der Waals surface area contributed by atoms with Crippen molar-refractivity contribution in [2.75, 3.05) is 39.6 Å². The van der Waals surface area contributed by atoms with Gasteiger partial charge in [0.15, 0.2) is 11.1 Å². The van der Waals surface area contributed by atoms with E-state index in [1.165, 1.54) is 25.7 Å². The van der Waals surface area contributed by atoms with Gasteiger partial charge in [0.25, 0.3) is 0 Å². The third-order valence-electron chi connectivity index (χ3n) is 4.38. The molecule has 7 nitrogen and oxygen atoms in total. The zero-order valence-corrected chi connectivity index (χ0v) is 19.3. The van der Waals surface area contributed by atoms with E-state index < -0.39 is 0 Å². The molecule has 1 heterocycles. The molecule has 0 bridgehead atoms. The summed E-state index contributed by atoms with van der Waals surface area (Å²) in [5.41, 5.74) is 0. The molecule has 0 spiro atoms. The molecule has 26 heavy (non-hydrogen) atoms. The molecule has 1 aromatic heterocycles. The number of aromatic nitrogens is 3. The molecule has 0 radical (unpaired) electrons. The molecule has 150 valence electrons. The molecule has 0 aliphatic heterocycles. The maximum atomic E-state index is 5.06. The summed E-state index contributed by atoms with van der Waals surface area (Å²) < 4.78 is 7.44. The molecule has 1 saturated carbocycles. The molecule has 0 amide bonds. The molecule has 0 atom stereocenters. The number of hydrogen-bond acceptors (Lipinski definition) is 5. The highest BCUT2D eigenvalue weighted by Gasteiger charge is 2.23. The van der Waals surface area contributed by atoms with E-state index in [0.29, 0.717) is 12.6 Å².